The lowest BCUT2D eigenvalue weighted by atomic mass is 9.96. The van der Waals surface area contributed by atoms with E-state index in [2.05, 4.69) is 4.99 Å². The Labute approximate surface area is 162 Å². The number of thioether (sulfide) groups is 1. The van der Waals surface area contributed by atoms with Crippen molar-refractivity contribution < 1.29 is 17.9 Å². The highest BCUT2D eigenvalue weighted by molar-refractivity contribution is 8.16. The van der Waals surface area contributed by atoms with Crippen LogP contribution in [0.2, 0.25) is 5.02 Å². The van der Waals surface area contributed by atoms with Gasteiger partial charge in [-0.3, -0.25) is 4.79 Å². The van der Waals surface area contributed by atoms with Crippen molar-refractivity contribution in [2.24, 2.45) is 10.4 Å². The van der Waals surface area contributed by atoms with Crippen LogP contribution in [0.4, 0.5) is 5.69 Å². The number of benzene rings is 1. The smallest absolute Gasteiger partial charge is 0.253 e. The van der Waals surface area contributed by atoms with Crippen molar-refractivity contribution in [1.29, 1.82) is 0 Å². The molecule has 0 bridgehead atoms. The second kappa shape index (κ2) is 6.73. The molecule has 0 aliphatic carbocycles. The number of sulfone groups is 1. The number of amidine groups is 1. The summed E-state index contributed by atoms with van der Waals surface area (Å²) in [6.45, 7) is 5.40. The van der Waals surface area contributed by atoms with Crippen molar-refractivity contribution in [3.8, 4) is 5.75 Å². The van der Waals surface area contributed by atoms with Gasteiger partial charge in [-0.2, -0.15) is 4.99 Å². The molecule has 2 aliphatic heterocycles. The van der Waals surface area contributed by atoms with Gasteiger partial charge in [0.15, 0.2) is 15.0 Å². The van der Waals surface area contributed by atoms with Gasteiger partial charge in [0.2, 0.25) is 0 Å². The highest BCUT2D eigenvalue weighted by Crippen LogP contribution is 2.44. The van der Waals surface area contributed by atoms with Gasteiger partial charge in [-0.1, -0.05) is 44.1 Å². The molecule has 6 nitrogen and oxygen atoms in total. The van der Waals surface area contributed by atoms with Crippen LogP contribution in [-0.4, -0.2) is 49.4 Å². The highest BCUT2D eigenvalue weighted by Gasteiger charge is 2.50. The Kier molecular flexibility index (Phi) is 5.05. The summed E-state index contributed by atoms with van der Waals surface area (Å²) >= 11 is 7.50. The Morgan fingerprint density at radius 1 is 1.35 bits per heavy atom. The third kappa shape index (κ3) is 3.73. The number of carbonyl (C=O) groups excluding carboxylic acids is 1. The fourth-order valence-electron chi connectivity index (χ4n) is 2.95. The zero-order chi connectivity index (χ0) is 19.3. The van der Waals surface area contributed by atoms with Gasteiger partial charge >= 0.3 is 0 Å². The molecule has 0 unspecified atom stereocenters. The largest absolute Gasteiger partial charge is 0.495 e. The molecule has 0 aromatic heterocycles. The molecule has 2 fully saturated rings. The molecule has 142 valence electrons. The van der Waals surface area contributed by atoms with Crippen molar-refractivity contribution in [3.63, 3.8) is 0 Å². The van der Waals surface area contributed by atoms with E-state index in [4.69, 9.17) is 16.3 Å². The minimum absolute atomic E-state index is 0.0169. The summed E-state index contributed by atoms with van der Waals surface area (Å²) in [5.74, 6) is 0.387. The maximum Gasteiger partial charge on any atom is 0.253 e. The van der Waals surface area contributed by atoms with Gasteiger partial charge < -0.3 is 9.64 Å². The summed E-state index contributed by atoms with van der Waals surface area (Å²) in [5.41, 5.74) is -0.000846. The monoisotopic (exact) mass is 416 g/mol. The number of fused-ring (bicyclic) bond motifs is 1. The summed E-state index contributed by atoms with van der Waals surface area (Å²) in [6.07, 6.45) is 0. The van der Waals surface area contributed by atoms with Gasteiger partial charge in [0.1, 0.15) is 5.75 Å². The molecule has 2 atom stereocenters. The van der Waals surface area contributed by atoms with Gasteiger partial charge in [0.25, 0.3) is 5.91 Å². The Bertz CT molecular complexity index is 877. The predicted molar refractivity (Wildman–Crippen MR) is 106 cm³/mol. The zero-order valence-electron chi connectivity index (χ0n) is 15.0. The van der Waals surface area contributed by atoms with Crippen LogP contribution >= 0.6 is 23.4 Å². The third-order valence-corrected chi connectivity index (χ3v) is 7.75. The molecule has 2 aliphatic rings. The minimum atomic E-state index is -3.13. The number of hydrogen-bond donors (Lipinski definition) is 0. The Balaban J connectivity index is 2.11. The van der Waals surface area contributed by atoms with Gasteiger partial charge in [-0.25, -0.2) is 8.42 Å². The summed E-state index contributed by atoms with van der Waals surface area (Å²) in [6, 6.07) is 4.84. The van der Waals surface area contributed by atoms with Crippen LogP contribution in [0, 0.1) is 5.41 Å². The van der Waals surface area contributed by atoms with E-state index in [1.807, 2.05) is 0 Å². The van der Waals surface area contributed by atoms with Crippen molar-refractivity contribution >= 4 is 50.0 Å². The molecule has 1 aromatic rings. The maximum absolute atomic E-state index is 12.5. The molecule has 3 rings (SSSR count). The molecule has 0 N–H and O–H groups in total. The van der Waals surface area contributed by atoms with E-state index in [1.54, 1.807) is 43.9 Å². The average Bonchev–Trinajstić information content (AvgIpc) is 2.97. The maximum atomic E-state index is 12.5. The van der Waals surface area contributed by atoms with Crippen molar-refractivity contribution in [3.05, 3.63) is 23.2 Å². The fourth-order valence-corrected chi connectivity index (χ4v) is 7.02. The lowest BCUT2D eigenvalue weighted by molar-refractivity contribution is -0.124. The number of halogens is 1. The number of hydrogen-bond acceptors (Lipinski definition) is 5. The van der Waals surface area contributed by atoms with E-state index in [0.29, 0.717) is 21.6 Å². The van der Waals surface area contributed by atoms with Crippen molar-refractivity contribution in [1.82, 2.24) is 0 Å². The summed E-state index contributed by atoms with van der Waals surface area (Å²) in [7, 11) is -1.60. The highest BCUT2D eigenvalue weighted by atomic mass is 35.5. The lowest BCUT2D eigenvalue weighted by Gasteiger charge is -2.27. The van der Waals surface area contributed by atoms with E-state index in [0.717, 1.165) is 0 Å². The number of nitrogens with zero attached hydrogens (tertiary/aromatic N) is 2. The SMILES string of the molecule is COc1ccc(Cl)cc1N1C(=NC(=O)C(C)(C)C)S[C@H]2CS(=O)(=O)C[C@H]21. The molecule has 1 amide bonds. The molecule has 1 aromatic carbocycles. The topological polar surface area (TPSA) is 76.0 Å². The number of ether oxygens (including phenoxy) is 1. The van der Waals surface area contributed by atoms with Gasteiger partial charge in [-0.05, 0) is 18.2 Å². The van der Waals surface area contributed by atoms with E-state index in [9.17, 15) is 13.2 Å². The fraction of sp³-hybridized carbons (Fsp3) is 0.529. The van der Waals surface area contributed by atoms with Crippen molar-refractivity contribution in [2.45, 2.75) is 32.1 Å². The van der Waals surface area contributed by atoms with Crippen molar-refractivity contribution in [2.75, 3.05) is 23.5 Å². The molecular weight excluding hydrogens is 396 g/mol. The molecule has 26 heavy (non-hydrogen) atoms. The van der Waals surface area contributed by atoms with Gasteiger partial charge in [0.05, 0.1) is 30.3 Å². The number of aliphatic imine (C=N–C) groups is 1. The van der Waals surface area contributed by atoms with Crippen LogP contribution in [0.15, 0.2) is 23.2 Å². The summed E-state index contributed by atoms with van der Waals surface area (Å²) in [4.78, 5) is 18.6. The quantitative estimate of drug-likeness (QED) is 0.737. The van der Waals surface area contributed by atoms with Crippen LogP contribution in [0.3, 0.4) is 0 Å². The second-order valence-electron chi connectivity index (χ2n) is 7.44. The second-order valence-corrected chi connectivity index (χ2v) is 11.2. The number of rotatable bonds is 2. The van der Waals surface area contributed by atoms with Crippen LogP contribution in [-0.2, 0) is 14.6 Å². The average molecular weight is 417 g/mol. The Hall–Kier alpha value is -1.25. The number of carbonyl (C=O) groups is 1. The molecule has 2 heterocycles. The zero-order valence-corrected chi connectivity index (χ0v) is 17.4. The minimum Gasteiger partial charge on any atom is -0.495 e. The van der Waals surface area contributed by atoms with E-state index >= 15 is 0 Å². The first kappa shape index (κ1) is 19.5. The number of anilines is 1. The molecule has 2 saturated heterocycles. The number of amides is 1. The Morgan fingerprint density at radius 3 is 2.65 bits per heavy atom. The van der Waals surface area contributed by atoms with Crippen LogP contribution in [0.25, 0.3) is 0 Å². The molecule has 0 saturated carbocycles. The molecule has 9 heteroatoms. The summed E-state index contributed by atoms with van der Waals surface area (Å²) < 4.78 is 29.7. The van der Waals surface area contributed by atoms with Crippen LogP contribution < -0.4 is 9.64 Å². The Morgan fingerprint density at radius 2 is 2.04 bits per heavy atom. The summed E-state index contributed by atoms with van der Waals surface area (Å²) in [5, 5.41) is 0.821. The first-order valence-electron chi connectivity index (χ1n) is 8.15. The standard InChI is InChI=1S/C17H21ClN2O4S2/c1-17(2,3)15(21)19-16-20(11-7-10(18)5-6-13(11)24-4)12-8-26(22,23)9-14(12)25-16/h5-7,12,14H,8-9H2,1-4H3/t12-,14+/m1/s1. The normalized spacial score (nSPS) is 26.2. The van der Waals surface area contributed by atoms with E-state index in [-0.39, 0.29) is 28.7 Å². The lowest BCUT2D eigenvalue weighted by Crippen LogP contribution is -2.38. The van der Waals surface area contributed by atoms with Crippen LogP contribution in [0.5, 0.6) is 5.75 Å². The molecule has 0 radical (unpaired) electrons. The van der Waals surface area contributed by atoms with E-state index < -0.39 is 15.3 Å². The predicted octanol–water partition coefficient (Wildman–Crippen LogP) is 3.00. The third-order valence-electron chi connectivity index (χ3n) is 4.31. The first-order valence-corrected chi connectivity index (χ1v) is 11.2. The molecular formula is C17H21ClN2O4S2. The van der Waals surface area contributed by atoms with Gasteiger partial charge in [0, 0.05) is 15.7 Å². The first-order chi connectivity index (χ1) is 12.0. The van der Waals surface area contributed by atoms with Crippen LogP contribution in [0.1, 0.15) is 20.8 Å². The number of methoxy groups -OCH3 is 1. The van der Waals surface area contributed by atoms with Gasteiger partial charge in [-0.15, -0.1) is 0 Å². The van der Waals surface area contributed by atoms with E-state index in [1.165, 1.54) is 18.9 Å². The molecule has 0 spiro atoms.